The van der Waals surface area contributed by atoms with E-state index >= 15 is 0 Å². The number of para-hydroxylation sites is 1. The zero-order valence-electron chi connectivity index (χ0n) is 30.2. The summed E-state index contributed by atoms with van der Waals surface area (Å²) in [6.07, 6.45) is 0. The Balaban J connectivity index is 1.00. The monoisotopic (exact) mass is 732 g/mol. The van der Waals surface area contributed by atoms with Gasteiger partial charge in [0.05, 0.1) is 11.4 Å². The summed E-state index contributed by atoms with van der Waals surface area (Å²) in [4.78, 5) is 10.5. The van der Waals surface area contributed by atoms with Crippen LogP contribution in [0.4, 0.5) is 0 Å². The normalized spacial score (nSPS) is 11.6. The topological polar surface area (TPSA) is 38.9 Å². The molecule has 262 valence electrons. The molecule has 0 aliphatic heterocycles. The van der Waals surface area contributed by atoms with Gasteiger partial charge in [-0.1, -0.05) is 152 Å². The number of rotatable bonds is 6. The lowest BCUT2D eigenvalue weighted by molar-refractivity contribution is 0.669. The van der Waals surface area contributed by atoms with E-state index in [2.05, 4.69) is 176 Å². The fourth-order valence-electron chi connectivity index (χ4n) is 7.89. The maximum Gasteiger partial charge on any atom is 0.161 e. The zero-order valence-corrected chi connectivity index (χ0v) is 31.0. The lowest BCUT2D eigenvalue weighted by atomic mass is 9.97. The van der Waals surface area contributed by atoms with Crippen LogP contribution in [0.3, 0.4) is 0 Å². The maximum absolute atomic E-state index is 6.29. The molecule has 0 atom stereocenters. The fraction of sp³-hybridized carbons (Fsp3) is 0. The van der Waals surface area contributed by atoms with Crippen LogP contribution in [0.1, 0.15) is 0 Å². The molecule has 0 unspecified atom stereocenters. The third kappa shape index (κ3) is 5.67. The van der Waals surface area contributed by atoms with Crippen molar-refractivity contribution in [2.24, 2.45) is 0 Å². The molecule has 0 bridgehead atoms. The van der Waals surface area contributed by atoms with E-state index in [1.54, 1.807) is 0 Å². The largest absolute Gasteiger partial charge is 0.456 e. The Hall–Kier alpha value is -7.14. The van der Waals surface area contributed by atoms with Crippen molar-refractivity contribution in [3.05, 3.63) is 194 Å². The quantitative estimate of drug-likeness (QED) is 0.171. The molecule has 11 aromatic rings. The summed E-state index contributed by atoms with van der Waals surface area (Å²) in [5.74, 6) is 0.699. The van der Waals surface area contributed by atoms with Crippen molar-refractivity contribution in [3.8, 4) is 67.3 Å². The minimum absolute atomic E-state index is 0.699. The molecular formula is C52H32N2OS. The van der Waals surface area contributed by atoms with Gasteiger partial charge in [-0.15, -0.1) is 11.3 Å². The highest BCUT2D eigenvalue weighted by atomic mass is 32.1. The van der Waals surface area contributed by atoms with Gasteiger partial charge in [0.25, 0.3) is 0 Å². The minimum Gasteiger partial charge on any atom is -0.456 e. The summed E-state index contributed by atoms with van der Waals surface area (Å²) in [7, 11) is 0. The van der Waals surface area contributed by atoms with Crippen molar-refractivity contribution < 1.29 is 4.42 Å². The Morgan fingerprint density at radius 3 is 1.61 bits per heavy atom. The number of hydrogen-bond donors (Lipinski definition) is 0. The second-order valence-electron chi connectivity index (χ2n) is 14.1. The zero-order chi connectivity index (χ0) is 37.0. The molecule has 3 aromatic heterocycles. The molecule has 0 spiro atoms. The van der Waals surface area contributed by atoms with Crippen molar-refractivity contribution in [1.29, 1.82) is 0 Å². The number of hydrogen-bond acceptors (Lipinski definition) is 4. The number of fused-ring (bicyclic) bond motifs is 6. The first-order valence-electron chi connectivity index (χ1n) is 18.8. The van der Waals surface area contributed by atoms with E-state index in [1.807, 2.05) is 29.5 Å². The van der Waals surface area contributed by atoms with E-state index in [-0.39, 0.29) is 0 Å². The molecule has 0 radical (unpaired) electrons. The first-order valence-corrected chi connectivity index (χ1v) is 19.6. The number of thiophene rings is 1. The predicted molar refractivity (Wildman–Crippen MR) is 235 cm³/mol. The molecule has 0 saturated heterocycles. The van der Waals surface area contributed by atoms with Crippen molar-refractivity contribution in [2.75, 3.05) is 0 Å². The van der Waals surface area contributed by atoms with E-state index in [0.717, 1.165) is 50.0 Å². The van der Waals surface area contributed by atoms with E-state index < -0.39 is 0 Å². The number of benzene rings is 8. The summed E-state index contributed by atoms with van der Waals surface area (Å²) < 4.78 is 8.74. The predicted octanol–water partition coefficient (Wildman–Crippen LogP) is 14.7. The molecule has 0 saturated carbocycles. The van der Waals surface area contributed by atoms with Gasteiger partial charge < -0.3 is 4.42 Å². The van der Waals surface area contributed by atoms with Crippen LogP contribution in [0.5, 0.6) is 0 Å². The van der Waals surface area contributed by atoms with Crippen LogP contribution in [-0.4, -0.2) is 9.97 Å². The van der Waals surface area contributed by atoms with Crippen molar-refractivity contribution in [1.82, 2.24) is 9.97 Å². The third-order valence-electron chi connectivity index (χ3n) is 10.7. The van der Waals surface area contributed by atoms with Crippen molar-refractivity contribution in [2.45, 2.75) is 0 Å². The van der Waals surface area contributed by atoms with Crippen LogP contribution in [0, 0.1) is 0 Å². The smallest absolute Gasteiger partial charge is 0.161 e. The van der Waals surface area contributed by atoms with Gasteiger partial charge >= 0.3 is 0 Å². The lowest BCUT2D eigenvalue weighted by Gasteiger charge is -2.11. The molecule has 0 amide bonds. The van der Waals surface area contributed by atoms with Crippen molar-refractivity contribution >= 4 is 53.4 Å². The maximum atomic E-state index is 6.29. The van der Waals surface area contributed by atoms with Gasteiger partial charge in [-0.2, -0.15) is 0 Å². The summed E-state index contributed by atoms with van der Waals surface area (Å²) in [6, 6.07) is 68.6. The summed E-state index contributed by atoms with van der Waals surface area (Å²) in [6.45, 7) is 0. The van der Waals surface area contributed by atoms with Crippen LogP contribution in [0.25, 0.3) is 109 Å². The van der Waals surface area contributed by atoms with Crippen LogP contribution in [0.2, 0.25) is 0 Å². The number of nitrogens with zero attached hydrogens (tertiary/aromatic N) is 2. The highest BCUT2D eigenvalue weighted by molar-refractivity contribution is 7.26. The van der Waals surface area contributed by atoms with E-state index in [4.69, 9.17) is 14.4 Å². The SMILES string of the molecule is c1ccc(-c2ccc(-c3ccc(-c4ccc5sc6cccc(-c7nc(-c8ccccc8)cc(-c8ccc9c(c8)oc8ccccc89)n7)c6c5c4)cc3)cc2)cc1. The van der Waals surface area contributed by atoms with Gasteiger partial charge in [0.15, 0.2) is 5.82 Å². The summed E-state index contributed by atoms with van der Waals surface area (Å²) >= 11 is 1.81. The Labute approximate surface area is 327 Å². The van der Waals surface area contributed by atoms with Crippen LogP contribution in [-0.2, 0) is 0 Å². The molecule has 11 rings (SSSR count). The molecule has 4 heteroatoms. The molecule has 56 heavy (non-hydrogen) atoms. The first-order chi connectivity index (χ1) is 27.7. The standard InChI is InChI=1S/C52H32N2OS/c1-3-10-33(11-4-1)34-18-20-35(21-19-34)36-22-24-37(25-23-36)39-27-29-49-44(30-39)51-43(15-9-17-50(51)56-49)52-53-45(38-12-5-2-6-13-38)32-46(54-52)40-26-28-42-41-14-7-8-16-47(41)55-48(42)31-40/h1-32H. The molecular weight excluding hydrogens is 701 g/mol. The molecule has 3 heterocycles. The molecule has 0 aliphatic carbocycles. The molecule has 8 aromatic carbocycles. The van der Waals surface area contributed by atoms with Crippen LogP contribution in [0.15, 0.2) is 199 Å². The van der Waals surface area contributed by atoms with E-state index in [0.29, 0.717) is 5.82 Å². The first kappa shape index (κ1) is 32.3. The third-order valence-corrected chi connectivity index (χ3v) is 11.9. The van der Waals surface area contributed by atoms with Gasteiger partial charge in [0.1, 0.15) is 11.2 Å². The summed E-state index contributed by atoms with van der Waals surface area (Å²) in [5.41, 5.74) is 13.7. The average molecular weight is 733 g/mol. The van der Waals surface area contributed by atoms with Crippen molar-refractivity contribution in [3.63, 3.8) is 0 Å². The highest BCUT2D eigenvalue weighted by Gasteiger charge is 2.18. The van der Waals surface area contributed by atoms with Gasteiger partial charge in [0, 0.05) is 47.6 Å². The molecule has 0 fully saturated rings. The number of aromatic nitrogens is 2. The lowest BCUT2D eigenvalue weighted by Crippen LogP contribution is -1.96. The molecule has 0 N–H and O–H groups in total. The summed E-state index contributed by atoms with van der Waals surface area (Å²) in [5, 5.41) is 4.59. The van der Waals surface area contributed by atoms with E-state index in [1.165, 1.54) is 53.6 Å². The molecule has 3 nitrogen and oxygen atoms in total. The van der Waals surface area contributed by atoms with Gasteiger partial charge in [-0.05, 0) is 75.8 Å². The minimum atomic E-state index is 0.699. The Bertz CT molecular complexity index is 3220. The van der Waals surface area contributed by atoms with Crippen LogP contribution >= 0.6 is 11.3 Å². The Morgan fingerprint density at radius 1 is 0.339 bits per heavy atom. The van der Waals surface area contributed by atoms with Gasteiger partial charge in [0.2, 0.25) is 0 Å². The second kappa shape index (κ2) is 13.3. The molecule has 0 aliphatic rings. The highest BCUT2D eigenvalue weighted by Crippen LogP contribution is 2.42. The average Bonchev–Trinajstić information content (AvgIpc) is 3.85. The van der Waals surface area contributed by atoms with E-state index in [9.17, 15) is 0 Å². The number of furan rings is 1. The fourth-order valence-corrected chi connectivity index (χ4v) is 9.00. The second-order valence-corrected chi connectivity index (χ2v) is 15.2. The van der Waals surface area contributed by atoms with Gasteiger partial charge in [-0.3, -0.25) is 0 Å². The Kier molecular flexibility index (Phi) is 7.68. The Morgan fingerprint density at radius 2 is 0.893 bits per heavy atom. The van der Waals surface area contributed by atoms with Gasteiger partial charge in [-0.25, -0.2) is 9.97 Å². The van der Waals surface area contributed by atoms with Crippen LogP contribution < -0.4 is 0 Å².